The van der Waals surface area contributed by atoms with E-state index in [-0.39, 0.29) is 11.2 Å². The summed E-state index contributed by atoms with van der Waals surface area (Å²) in [6, 6.07) is 7.17. The number of thiazole rings is 1. The molecule has 21 heavy (non-hydrogen) atoms. The average molecular weight is 304 g/mol. The molecule has 112 valence electrons. The van der Waals surface area contributed by atoms with Gasteiger partial charge in [0.2, 0.25) is 0 Å². The lowest BCUT2D eigenvalue weighted by Gasteiger charge is -2.23. The van der Waals surface area contributed by atoms with E-state index in [2.05, 4.69) is 19.2 Å². The molecule has 0 bridgehead atoms. The van der Waals surface area contributed by atoms with Gasteiger partial charge in [-0.05, 0) is 57.9 Å². The highest BCUT2D eigenvalue weighted by Crippen LogP contribution is 2.40. The van der Waals surface area contributed by atoms with Crippen LogP contribution in [0, 0.1) is 5.82 Å². The summed E-state index contributed by atoms with van der Waals surface area (Å²) in [5.41, 5.74) is 2.14. The lowest BCUT2D eigenvalue weighted by Crippen LogP contribution is -2.22. The molecule has 0 saturated heterocycles. The van der Waals surface area contributed by atoms with Crippen LogP contribution >= 0.6 is 11.3 Å². The fourth-order valence-electron chi connectivity index (χ4n) is 2.96. The van der Waals surface area contributed by atoms with Gasteiger partial charge in [0.25, 0.3) is 0 Å². The van der Waals surface area contributed by atoms with Gasteiger partial charge in [-0.25, -0.2) is 9.37 Å². The van der Waals surface area contributed by atoms with Crippen molar-refractivity contribution >= 4 is 11.3 Å². The van der Waals surface area contributed by atoms with Crippen molar-refractivity contribution in [2.75, 3.05) is 7.05 Å². The molecule has 0 radical (unpaired) electrons. The zero-order valence-corrected chi connectivity index (χ0v) is 13.6. The Bertz CT molecular complexity index is 631. The van der Waals surface area contributed by atoms with E-state index in [9.17, 15) is 4.39 Å². The Morgan fingerprint density at radius 2 is 2.00 bits per heavy atom. The van der Waals surface area contributed by atoms with Crippen LogP contribution in [-0.4, -0.2) is 12.0 Å². The minimum Gasteiger partial charge on any atom is -0.312 e. The second-order valence-electron chi connectivity index (χ2n) is 6.19. The van der Waals surface area contributed by atoms with E-state index in [1.807, 2.05) is 30.5 Å². The fraction of sp³-hybridized carbons (Fsp3) is 0.471. The molecule has 0 aliphatic heterocycles. The van der Waals surface area contributed by atoms with Gasteiger partial charge in [0.05, 0.1) is 11.7 Å². The quantitative estimate of drug-likeness (QED) is 0.919. The van der Waals surface area contributed by atoms with Gasteiger partial charge < -0.3 is 5.32 Å². The summed E-state index contributed by atoms with van der Waals surface area (Å²) in [7, 11) is 2.00. The highest BCUT2D eigenvalue weighted by Gasteiger charge is 2.31. The van der Waals surface area contributed by atoms with Crippen molar-refractivity contribution in [2.45, 2.75) is 44.6 Å². The van der Waals surface area contributed by atoms with E-state index < -0.39 is 0 Å². The van der Waals surface area contributed by atoms with Gasteiger partial charge in [0.1, 0.15) is 10.8 Å². The van der Waals surface area contributed by atoms with Crippen molar-refractivity contribution in [3.05, 3.63) is 51.2 Å². The molecular formula is C17H21FN2S. The highest BCUT2D eigenvalue weighted by molar-refractivity contribution is 7.12. The maximum Gasteiger partial charge on any atom is 0.123 e. The largest absolute Gasteiger partial charge is 0.312 e. The van der Waals surface area contributed by atoms with E-state index in [1.165, 1.54) is 29.1 Å². The molecule has 0 fully saturated rings. The first kappa shape index (κ1) is 14.7. The average Bonchev–Trinajstić information content (AvgIpc) is 2.92. The van der Waals surface area contributed by atoms with Gasteiger partial charge in [0, 0.05) is 10.3 Å². The Morgan fingerprint density at radius 3 is 2.67 bits per heavy atom. The van der Waals surface area contributed by atoms with Gasteiger partial charge in [0.15, 0.2) is 0 Å². The van der Waals surface area contributed by atoms with Crippen molar-refractivity contribution in [1.29, 1.82) is 0 Å². The molecule has 0 saturated carbocycles. The van der Waals surface area contributed by atoms with Gasteiger partial charge >= 0.3 is 0 Å². The molecule has 0 amide bonds. The molecule has 0 spiro atoms. The molecule has 3 rings (SSSR count). The Balaban J connectivity index is 1.99. The molecule has 1 aromatic carbocycles. The number of fused-ring (bicyclic) bond motifs is 1. The lowest BCUT2D eigenvalue weighted by molar-refractivity contribution is 0.486. The van der Waals surface area contributed by atoms with Gasteiger partial charge in [-0.2, -0.15) is 0 Å². The zero-order valence-electron chi connectivity index (χ0n) is 12.7. The summed E-state index contributed by atoms with van der Waals surface area (Å²) in [5.74, 6) is -0.191. The minimum absolute atomic E-state index is 0.187. The van der Waals surface area contributed by atoms with Crippen LogP contribution in [0.25, 0.3) is 0 Å². The standard InChI is InChI=1S/C17H21FN2S/c1-17(2,11-7-9-12(18)10-8-11)16-20-15-13(19-3)5-4-6-14(15)21-16/h7-10,13,19H,4-6H2,1-3H3. The highest BCUT2D eigenvalue weighted by atomic mass is 32.1. The summed E-state index contributed by atoms with van der Waals surface area (Å²) in [5, 5.41) is 4.49. The molecule has 1 aliphatic carbocycles. The number of aryl methyl sites for hydroxylation is 1. The van der Waals surface area contributed by atoms with Crippen LogP contribution < -0.4 is 5.32 Å². The number of benzene rings is 1. The van der Waals surface area contributed by atoms with Gasteiger partial charge in [-0.1, -0.05) is 12.1 Å². The summed E-state index contributed by atoms with van der Waals surface area (Å²) in [6.07, 6.45) is 3.51. The van der Waals surface area contributed by atoms with Crippen molar-refractivity contribution in [2.24, 2.45) is 0 Å². The van der Waals surface area contributed by atoms with Crippen molar-refractivity contribution < 1.29 is 4.39 Å². The number of halogens is 1. The second kappa shape index (κ2) is 5.50. The Kier molecular flexibility index (Phi) is 3.84. The Morgan fingerprint density at radius 1 is 1.29 bits per heavy atom. The summed E-state index contributed by atoms with van der Waals surface area (Å²) in [4.78, 5) is 6.34. The van der Waals surface area contributed by atoms with E-state index in [4.69, 9.17) is 4.98 Å². The van der Waals surface area contributed by atoms with Crippen molar-refractivity contribution in [3.63, 3.8) is 0 Å². The monoisotopic (exact) mass is 304 g/mol. The first-order valence-electron chi connectivity index (χ1n) is 7.45. The molecule has 1 aliphatic rings. The minimum atomic E-state index is -0.191. The number of nitrogens with one attached hydrogen (secondary N) is 1. The third-order valence-corrected chi connectivity index (χ3v) is 5.86. The first-order chi connectivity index (χ1) is 10.0. The van der Waals surface area contributed by atoms with Crippen LogP contribution in [-0.2, 0) is 11.8 Å². The number of hydrogen-bond donors (Lipinski definition) is 1. The molecule has 1 unspecified atom stereocenters. The van der Waals surface area contributed by atoms with Crippen LogP contribution in [0.2, 0.25) is 0 Å². The maximum atomic E-state index is 13.1. The van der Waals surface area contributed by atoms with Crippen LogP contribution in [0.15, 0.2) is 24.3 Å². The SMILES string of the molecule is CNC1CCCc2sc(C(C)(C)c3ccc(F)cc3)nc21. The van der Waals surface area contributed by atoms with Crippen LogP contribution in [0.4, 0.5) is 4.39 Å². The molecule has 1 N–H and O–H groups in total. The summed E-state index contributed by atoms with van der Waals surface area (Å²) >= 11 is 1.82. The number of hydrogen-bond acceptors (Lipinski definition) is 3. The molecule has 4 heteroatoms. The summed E-state index contributed by atoms with van der Waals surface area (Å²) in [6.45, 7) is 4.33. The molecular weight excluding hydrogens is 283 g/mol. The lowest BCUT2D eigenvalue weighted by atomic mass is 9.85. The number of aromatic nitrogens is 1. The van der Waals surface area contributed by atoms with Gasteiger partial charge in [-0.3, -0.25) is 0 Å². The van der Waals surface area contributed by atoms with E-state index >= 15 is 0 Å². The van der Waals surface area contributed by atoms with E-state index in [1.54, 1.807) is 0 Å². The Hall–Kier alpha value is -1.26. The second-order valence-corrected chi connectivity index (χ2v) is 7.28. The number of rotatable bonds is 3. The predicted molar refractivity (Wildman–Crippen MR) is 85.4 cm³/mol. The molecule has 1 aromatic heterocycles. The molecule has 1 heterocycles. The van der Waals surface area contributed by atoms with Crippen molar-refractivity contribution in [1.82, 2.24) is 10.3 Å². The van der Waals surface area contributed by atoms with Crippen LogP contribution in [0.1, 0.15) is 53.9 Å². The number of nitrogens with zero attached hydrogens (tertiary/aromatic N) is 1. The summed E-state index contributed by atoms with van der Waals surface area (Å²) < 4.78 is 13.1. The molecule has 2 aromatic rings. The maximum absolute atomic E-state index is 13.1. The Labute approximate surface area is 129 Å². The zero-order chi connectivity index (χ0) is 15.0. The third kappa shape index (κ3) is 2.62. The van der Waals surface area contributed by atoms with Crippen molar-refractivity contribution in [3.8, 4) is 0 Å². The smallest absolute Gasteiger partial charge is 0.123 e. The predicted octanol–water partition coefficient (Wildman–Crippen LogP) is 4.20. The normalized spacial score (nSPS) is 18.6. The molecule has 1 atom stereocenters. The van der Waals surface area contributed by atoms with Crippen LogP contribution in [0.3, 0.4) is 0 Å². The van der Waals surface area contributed by atoms with Crippen LogP contribution in [0.5, 0.6) is 0 Å². The first-order valence-corrected chi connectivity index (χ1v) is 8.27. The van der Waals surface area contributed by atoms with E-state index in [0.29, 0.717) is 6.04 Å². The van der Waals surface area contributed by atoms with E-state index in [0.717, 1.165) is 23.4 Å². The fourth-order valence-corrected chi connectivity index (χ4v) is 4.25. The van der Waals surface area contributed by atoms with Gasteiger partial charge in [-0.15, -0.1) is 11.3 Å². The molecule has 2 nitrogen and oxygen atoms in total. The topological polar surface area (TPSA) is 24.9 Å². The third-order valence-electron chi connectivity index (χ3n) is 4.40.